The molecule has 3 aromatic heterocycles. The number of aryl methyl sites for hydroxylation is 1. The second-order valence-electron chi connectivity index (χ2n) is 8.99. The lowest BCUT2D eigenvalue weighted by molar-refractivity contribution is 0.0543. The number of nitrogens with zero attached hydrogens (tertiary/aromatic N) is 4. The van der Waals surface area contributed by atoms with Gasteiger partial charge >= 0.3 is 6.09 Å². The van der Waals surface area contributed by atoms with Gasteiger partial charge < -0.3 is 15.4 Å². The Kier molecular flexibility index (Phi) is 4.42. The summed E-state index contributed by atoms with van der Waals surface area (Å²) in [5.74, 6) is 0.0736. The van der Waals surface area contributed by atoms with Gasteiger partial charge in [0.1, 0.15) is 34.8 Å². The molecule has 1 aliphatic rings. The molecule has 1 amide bonds. The molecule has 10 nitrogen and oxygen atoms in total. The molecule has 0 aliphatic carbocycles. The van der Waals surface area contributed by atoms with Crippen LogP contribution in [0.2, 0.25) is 0 Å². The molecule has 3 aromatic rings. The maximum Gasteiger partial charge on any atom is 0.420 e. The van der Waals surface area contributed by atoms with Crippen LogP contribution in [0.25, 0.3) is 11.0 Å². The van der Waals surface area contributed by atoms with Crippen molar-refractivity contribution in [2.24, 2.45) is 0 Å². The van der Waals surface area contributed by atoms with Gasteiger partial charge in [-0.2, -0.15) is 0 Å². The minimum atomic E-state index is -0.854. The van der Waals surface area contributed by atoms with Crippen LogP contribution in [0.4, 0.5) is 16.3 Å². The molecule has 0 bridgehead atoms. The lowest BCUT2D eigenvalue weighted by atomic mass is 10.1. The Morgan fingerprint density at radius 1 is 1.23 bits per heavy atom. The number of aromatic nitrogens is 4. The first kappa shape index (κ1) is 20.6. The fourth-order valence-corrected chi connectivity index (χ4v) is 3.68. The molecule has 0 unspecified atom stereocenters. The van der Waals surface area contributed by atoms with Crippen molar-refractivity contribution in [3.05, 3.63) is 46.3 Å². The van der Waals surface area contributed by atoms with Crippen LogP contribution in [0.3, 0.4) is 0 Å². The van der Waals surface area contributed by atoms with E-state index in [1.54, 1.807) is 59.9 Å². The van der Waals surface area contributed by atoms with Gasteiger partial charge in [-0.1, -0.05) is 0 Å². The summed E-state index contributed by atoms with van der Waals surface area (Å²) in [4.78, 5) is 46.4. The molecule has 31 heavy (non-hydrogen) atoms. The van der Waals surface area contributed by atoms with Crippen LogP contribution in [0.15, 0.2) is 29.5 Å². The quantitative estimate of drug-likeness (QED) is 0.649. The number of pyridine rings is 1. The highest BCUT2D eigenvalue weighted by Gasteiger charge is 2.37. The van der Waals surface area contributed by atoms with E-state index in [-0.39, 0.29) is 17.2 Å². The molecule has 1 aliphatic heterocycles. The Hall–Kier alpha value is -3.69. The smallest absolute Gasteiger partial charge is 0.420 e. The van der Waals surface area contributed by atoms with E-state index >= 15 is 0 Å². The van der Waals surface area contributed by atoms with E-state index in [4.69, 9.17) is 4.74 Å². The third kappa shape index (κ3) is 3.43. The van der Waals surface area contributed by atoms with Crippen molar-refractivity contribution in [3.8, 4) is 0 Å². The summed E-state index contributed by atoms with van der Waals surface area (Å²) < 4.78 is 8.15. The van der Waals surface area contributed by atoms with Crippen molar-refractivity contribution in [1.29, 1.82) is 0 Å². The number of hydrogen-bond donors (Lipinski definition) is 2. The molecule has 0 atom stereocenters. The maximum absolute atomic E-state index is 13.2. The van der Waals surface area contributed by atoms with Crippen LogP contribution >= 0.6 is 0 Å². The highest BCUT2D eigenvalue weighted by molar-refractivity contribution is 5.97. The number of anilines is 2. The molecular formula is C21H24N6O4. The van der Waals surface area contributed by atoms with Crippen molar-refractivity contribution in [1.82, 2.24) is 24.4 Å². The lowest BCUT2D eigenvalue weighted by Crippen LogP contribution is -2.42. The van der Waals surface area contributed by atoms with E-state index in [1.165, 1.54) is 15.5 Å². The molecule has 10 heteroatoms. The Labute approximate surface area is 178 Å². The lowest BCUT2D eigenvalue weighted by Gasteiger charge is -2.22. The Morgan fingerprint density at radius 3 is 2.61 bits per heavy atom. The highest BCUT2D eigenvalue weighted by Crippen LogP contribution is 2.27. The van der Waals surface area contributed by atoms with Crippen molar-refractivity contribution >= 4 is 34.5 Å². The minimum Gasteiger partial charge on any atom is -0.443 e. The fourth-order valence-electron chi connectivity index (χ4n) is 3.68. The van der Waals surface area contributed by atoms with E-state index in [0.717, 1.165) is 0 Å². The Balaban J connectivity index is 1.78. The fraction of sp³-hybridized carbons (Fsp3) is 0.381. The van der Waals surface area contributed by atoms with Crippen molar-refractivity contribution in [2.75, 3.05) is 5.32 Å². The molecular weight excluding hydrogens is 400 g/mol. The molecule has 0 fully saturated rings. The summed E-state index contributed by atoms with van der Waals surface area (Å²) in [6, 6.07) is 3.29. The molecule has 0 aromatic carbocycles. The van der Waals surface area contributed by atoms with Crippen LogP contribution in [-0.2, 0) is 10.4 Å². The Morgan fingerprint density at radius 2 is 1.94 bits per heavy atom. The molecule has 0 saturated carbocycles. The zero-order valence-corrected chi connectivity index (χ0v) is 18.2. The second-order valence-corrected chi connectivity index (χ2v) is 8.99. The van der Waals surface area contributed by atoms with Crippen LogP contribution in [-0.4, -0.2) is 36.7 Å². The number of rotatable bonds is 2. The highest BCUT2D eigenvalue weighted by atomic mass is 16.6. The third-order valence-corrected chi connectivity index (χ3v) is 4.91. The average molecular weight is 424 g/mol. The van der Waals surface area contributed by atoms with E-state index < -0.39 is 17.4 Å². The predicted octanol–water partition coefficient (Wildman–Crippen LogP) is 2.86. The van der Waals surface area contributed by atoms with Gasteiger partial charge in [0.15, 0.2) is 5.65 Å². The number of ether oxygens (including phenoxy) is 1. The predicted molar refractivity (Wildman–Crippen MR) is 115 cm³/mol. The zero-order chi connectivity index (χ0) is 22.7. The van der Waals surface area contributed by atoms with Gasteiger partial charge in [0.05, 0.1) is 5.39 Å². The first-order chi connectivity index (χ1) is 14.4. The summed E-state index contributed by atoms with van der Waals surface area (Å²) in [6.07, 6.45) is 2.29. The third-order valence-electron chi connectivity index (χ3n) is 4.91. The van der Waals surface area contributed by atoms with Gasteiger partial charge in [-0.3, -0.25) is 14.2 Å². The number of nitrogens with one attached hydrogen (secondary N) is 2. The van der Waals surface area contributed by atoms with E-state index in [2.05, 4.69) is 20.6 Å². The van der Waals surface area contributed by atoms with Gasteiger partial charge in [0, 0.05) is 6.20 Å². The van der Waals surface area contributed by atoms with Crippen LogP contribution in [0, 0.1) is 6.92 Å². The summed E-state index contributed by atoms with van der Waals surface area (Å²) in [5, 5.41) is 6.41. The van der Waals surface area contributed by atoms with Gasteiger partial charge in [0.25, 0.3) is 11.5 Å². The first-order valence-corrected chi connectivity index (χ1v) is 9.81. The molecule has 4 rings (SSSR count). The van der Waals surface area contributed by atoms with Gasteiger partial charge in [-0.15, -0.1) is 0 Å². The number of hydrogen-bond acceptors (Lipinski definition) is 7. The summed E-state index contributed by atoms with van der Waals surface area (Å²) in [5.41, 5.74) is -0.268. The summed E-state index contributed by atoms with van der Waals surface area (Å²) in [7, 11) is 0. The van der Waals surface area contributed by atoms with E-state index in [0.29, 0.717) is 28.1 Å². The average Bonchev–Trinajstić information content (AvgIpc) is 3.17. The van der Waals surface area contributed by atoms with Crippen LogP contribution in [0.1, 0.15) is 50.7 Å². The zero-order valence-electron chi connectivity index (χ0n) is 18.2. The molecule has 0 spiro atoms. The van der Waals surface area contributed by atoms with Crippen molar-refractivity contribution in [2.45, 2.75) is 52.8 Å². The van der Waals surface area contributed by atoms with Crippen molar-refractivity contribution < 1.29 is 14.3 Å². The van der Waals surface area contributed by atoms with Crippen LogP contribution < -0.4 is 16.2 Å². The second kappa shape index (κ2) is 6.66. The normalized spacial score (nSPS) is 15.0. The summed E-state index contributed by atoms with van der Waals surface area (Å²) >= 11 is 0. The standard InChI is InChI=1S/C21H24N6O4/c1-11-9-13(18(29)27-14(11)17(28)25-21(27,5)6)24-15-12-7-8-26(16(12)23-10-22-15)19(30)31-20(2,3)4/h7-10H,1-6H3,(H,25,28)(H,22,23,24). The molecule has 0 radical (unpaired) electrons. The minimum absolute atomic E-state index is 0.260. The SMILES string of the molecule is Cc1cc(Nc2ncnc3c2ccn3C(=O)OC(C)(C)C)c(=O)n2c1C(=O)NC2(C)C. The van der Waals surface area contributed by atoms with E-state index in [9.17, 15) is 14.4 Å². The van der Waals surface area contributed by atoms with Gasteiger partial charge in [0.2, 0.25) is 0 Å². The molecule has 2 N–H and O–H groups in total. The number of amides is 1. The monoisotopic (exact) mass is 424 g/mol. The summed E-state index contributed by atoms with van der Waals surface area (Å²) in [6.45, 7) is 10.6. The maximum atomic E-state index is 13.2. The van der Waals surface area contributed by atoms with Gasteiger partial charge in [-0.25, -0.2) is 19.3 Å². The topological polar surface area (TPSA) is 120 Å². The molecule has 162 valence electrons. The van der Waals surface area contributed by atoms with Crippen LogP contribution in [0.5, 0.6) is 0 Å². The van der Waals surface area contributed by atoms with Gasteiger partial charge in [-0.05, 0) is 59.2 Å². The van der Waals surface area contributed by atoms with Crippen molar-refractivity contribution in [3.63, 3.8) is 0 Å². The number of fused-ring (bicyclic) bond motifs is 2. The first-order valence-electron chi connectivity index (χ1n) is 9.81. The number of carbonyl (C=O) groups excluding carboxylic acids is 2. The Bertz CT molecular complexity index is 1300. The molecule has 0 saturated heterocycles. The largest absolute Gasteiger partial charge is 0.443 e. The van der Waals surface area contributed by atoms with E-state index in [1.807, 2.05) is 0 Å². The molecule has 4 heterocycles. The number of carbonyl (C=O) groups is 2.